The van der Waals surface area contributed by atoms with Gasteiger partial charge in [0.2, 0.25) is 5.91 Å². The van der Waals surface area contributed by atoms with Gasteiger partial charge in [0.15, 0.2) is 6.29 Å². The van der Waals surface area contributed by atoms with Crippen molar-refractivity contribution in [3.63, 3.8) is 0 Å². The van der Waals surface area contributed by atoms with Gasteiger partial charge in [-0.05, 0) is 36.2 Å². The number of ether oxygens (including phenoxy) is 3. The third-order valence-corrected chi connectivity index (χ3v) is 3.92. The highest BCUT2D eigenvalue weighted by Crippen LogP contribution is 2.30. The number of nitrogens with one attached hydrogen (secondary N) is 1. The standard InChI is InChI=1S/C19H21NO5/c1-23-15-6-3-13(4-7-15)11-18(22)20-16-12-14(5-8-17(16)21)19-24-9-2-10-25-19/h3-8,12,19,21H,2,9-11H2,1H3,(H,20,22). The molecule has 1 saturated heterocycles. The summed E-state index contributed by atoms with van der Waals surface area (Å²) in [5.74, 6) is 0.521. The Bertz CT molecular complexity index is 723. The number of methoxy groups -OCH3 is 1. The van der Waals surface area contributed by atoms with Gasteiger partial charge in [0, 0.05) is 5.56 Å². The smallest absolute Gasteiger partial charge is 0.228 e. The lowest BCUT2D eigenvalue weighted by Gasteiger charge is -2.24. The van der Waals surface area contributed by atoms with E-state index in [1.165, 1.54) is 6.07 Å². The third-order valence-electron chi connectivity index (χ3n) is 3.92. The summed E-state index contributed by atoms with van der Waals surface area (Å²) in [5.41, 5.74) is 1.96. The second kappa shape index (κ2) is 8.00. The maximum Gasteiger partial charge on any atom is 0.228 e. The Hall–Kier alpha value is -2.57. The number of hydrogen-bond acceptors (Lipinski definition) is 5. The number of hydrogen-bond donors (Lipinski definition) is 2. The normalized spacial score (nSPS) is 14.9. The van der Waals surface area contributed by atoms with Crippen molar-refractivity contribution in [1.29, 1.82) is 0 Å². The first-order valence-corrected chi connectivity index (χ1v) is 8.14. The van der Waals surface area contributed by atoms with Crippen LogP contribution in [0.3, 0.4) is 0 Å². The molecule has 1 aliphatic heterocycles. The average Bonchev–Trinajstić information content (AvgIpc) is 2.65. The van der Waals surface area contributed by atoms with E-state index in [0.717, 1.165) is 23.3 Å². The number of phenols is 1. The summed E-state index contributed by atoms with van der Waals surface area (Å²) in [7, 11) is 1.59. The molecule has 2 aromatic rings. The van der Waals surface area contributed by atoms with Crippen LogP contribution in [-0.2, 0) is 20.7 Å². The van der Waals surface area contributed by atoms with Crippen LogP contribution in [0.25, 0.3) is 0 Å². The molecule has 0 aromatic heterocycles. The number of aromatic hydroxyl groups is 1. The van der Waals surface area contributed by atoms with Crippen LogP contribution in [0, 0.1) is 0 Å². The molecule has 0 aliphatic carbocycles. The monoisotopic (exact) mass is 343 g/mol. The Morgan fingerprint density at radius 2 is 1.92 bits per heavy atom. The van der Waals surface area contributed by atoms with Crippen LogP contribution in [0.2, 0.25) is 0 Å². The fourth-order valence-corrected chi connectivity index (χ4v) is 2.60. The van der Waals surface area contributed by atoms with Crippen molar-refractivity contribution in [3.8, 4) is 11.5 Å². The molecular formula is C19H21NO5. The lowest BCUT2D eigenvalue weighted by atomic mass is 10.1. The maximum atomic E-state index is 12.3. The molecule has 0 atom stereocenters. The number of benzene rings is 2. The van der Waals surface area contributed by atoms with Crippen molar-refractivity contribution in [1.82, 2.24) is 0 Å². The van der Waals surface area contributed by atoms with Crippen molar-refractivity contribution in [2.24, 2.45) is 0 Å². The fraction of sp³-hybridized carbons (Fsp3) is 0.316. The Morgan fingerprint density at radius 3 is 2.60 bits per heavy atom. The molecule has 0 bridgehead atoms. The van der Waals surface area contributed by atoms with E-state index < -0.39 is 6.29 Å². The number of rotatable bonds is 5. The third kappa shape index (κ3) is 4.49. The summed E-state index contributed by atoms with van der Waals surface area (Å²) in [6.07, 6.45) is 0.594. The van der Waals surface area contributed by atoms with Crippen molar-refractivity contribution < 1.29 is 24.1 Å². The molecule has 1 amide bonds. The minimum atomic E-state index is -0.466. The summed E-state index contributed by atoms with van der Waals surface area (Å²) in [5, 5.41) is 12.7. The highest BCUT2D eigenvalue weighted by molar-refractivity contribution is 5.93. The molecule has 1 aliphatic rings. The van der Waals surface area contributed by atoms with Gasteiger partial charge in [0.25, 0.3) is 0 Å². The van der Waals surface area contributed by atoms with Crippen LogP contribution in [-0.4, -0.2) is 31.3 Å². The lowest BCUT2D eigenvalue weighted by Crippen LogP contribution is -2.18. The van der Waals surface area contributed by atoms with Gasteiger partial charge in [0.1, 0.15) is 11.5 Å². The SMILES string of the molecule is COc1ccc(CC(=O)Nc2cc(C3OCCCO3)ccc2O)cc1. The van der Waals surface area contributed by atoms with E-state index in [9.17, 15) is 9.90 Å². The minimum absolute atomic E-state index is 0.00244. The maximum absolute atomic E-state index is 12.3. The zero-order chi connectivity index (χ0) is 17.6. The highest BCUT2D eigenvalue weighted by Gasteiger charge is 2.18. The van der Waals surface area contributed by atoms with E-state index >= 15 is 0 Å². The van der Waals surface area contributed by atoms with Gasteiger partial charge < -0.3 is 24.6 Å². The van der Waals surface area contributed by atoms with Gasteiger partial charge in [-0.25, -0.2) is 0 Å². The van der Waals surface area contributed by atoms with E-state index in [0.29, 0.717) is 18.9 Å². The average molecular weight is 343 g/mol. The zero-order valence-corrected chi connectivity index (χ0v) is 14.0. The molecule has 2 aromatic carbocycles. The minimum Gasteiger partial charge on any atom is -0.506 e. The van der Waals surface area contributed by atoms with E-state index in [4.69, 9.17) is 14.2 Å². The van der Waals surface area contributed by atoms with Gasteiger partial charge in [-0.3, -0.25) is 4.79 Å². The number of amides is 1. The molecule has 0 spiro atoms. The highest BCUT2D eigenvalue weighted by atomic mass is 16.7. The second-order valence-electron chi connectivity index (χ2n) is 5.78. The van der Waals surface area contributed by atoms with Crippen LogP contribution >= 0.6 is 0 Å². The van der Waals surface area contributed by atoms with Crippen molar-refractivity contribution in [2.45, 2.75) is 19.1 Å². The van der Waals surface area contributed by atoms with E-state index in [1.54, 1.807) is 31.4 Å². The van der Waals surface area contributed by atoms with E-state index in [-0.39, 0.29) is 18.1 Å². The fourth-order valence-electron chi connectivity index (χ4n) is 2.60. The van der Waals surface area contributed by atoms with Gasteiger partial charge in [-0.2, -0.15) is 0 Å². The molecule has 0 saturated carbocycles. The number of phenolic OH excluding ortho intramolecular Hbond substituents is 1. The molecule has 1 fully saturated rings. The van der Waals surface area contributed by atoms with Crippen LogP contribution < -0.4 is 10.1 Å². The predicted octanol–water partition coefficient (Wildman–Crippen LogP) is 3.02. The summed E-state index contributed by atoms with van der Waals surface area (Å²) < 4.78 is 16.2. The first-order chi connectivity index (χ1) is 12.2. The number of carbonyl (C=O) groups excluding carboxylic acids is 1. The number of anilines is 1. The van der Waals surface area contributed by atoms with Crippen LogP contribution in [0.4, 0.5) is 5.69 Å². The molecule has 25 heavy (non-hydrogen) atoms. The van der Waals surface area contributed by atoms with Crippen LogP contribution in [0.5, 0.6) is 11.5 Å². The van der Waals surface area contributed by atoms with Gasteiger partial charge in [-0.1, -0.05) is 18.2 Å². The van der Waals surface area contributed by atoms with Crippen molar-refractivity contribution >= 4 is 11.6 Å². The van der Waals surface area contributed by atoms with Gasteiger partial charge in [0.05, 0.1) is 32.4 Å². The largest absolute Gasteiger partial charge is 0.506 e. The van der Waals surface area contributed by atoms with E-state index in [2.05, 4.69) is 5.32 Å². The molecule has 132 valence electrons. The molecule has 1 heterocycles. The number of carbonyl (C=O) groups is 1. The Morgan fingerprint density at radius 1 is 1.20 bits per heavy atom. The molecule has 0 radical (unpaired) electrons. The van der Waals surface area contributed by atoms with Crippen molar-refractivity contribution in [3.05, 3.63) is 53.6 Å². The summed E-state index contributed by atoms with van der Waals surface area (Å²) in [4.78, 5) is 12.3. The quantitative estimate of drug-likeness (QED) is 0.816. The Labute approximate surface area is 146 Å². The topological polar surface area (TPSA) is 77.0 Å². The lowest BCUT2D eigenvalue weighted by molar-refractivity contribution is -0.183. The molecule has 2 N–H and O–H groups in total. The molecule has 3 rings (SSSR count). The first-order valence-electron chi connectivity index (χ1n) is 8.14. The predicted molar refractivity (Wildman–Crippen MR) is 92.7 cm³/mol. The first kappa shape index (κ1) is 17.3. The Kier molecular flexibility index (Phi) is 5.53. The van der Waals surface area contributed by atoms with E-state index in [1.807, 2.05) is 12.1 Å². The van der Waals surface area contributed by atoms with Gasteiger partial charge in [-0.15, -0.1) is 0 Å². The molecule has 0 unspecified atom stereocenters. The molecule has 6 nitrogen and oxygen atoms in total. The zero-order valence-electron chi connectivity index (χ0n) is 14.0. The van der Waals surface area contributed by atoms with Crippen molar-refractivity contribution in [2.75, 3.05) is 25.6 Å². The summed E-state index contributed by atoms with van der Waals surface area (Å²) in [6.45, 7) is 1.26. The summed E-state index contributed by atoms with van der Waals surface area (Å²) >= 11 is 0. The molecular weight excluding hydrogens is 322 g/mol. The Balaban J connectivity index is 1.67. The second-order valence-corrected chi connectivity index (χ2v) is 5.78. The van der Waals surface area contributed by atoms with Crippen LogP contribution in [0.1, 0.15) is 23.8 Å². The molecule has 6 heteroatoms. The summed E-state index contributed by atoms with van der Waals surface area (Å²) in [6, 6.07) is 12.2. The van der Waals surface area contributed by atoms with Crippen LogP contribution in [0.15, 0.2) is 42.5 Å². The van der Waals surface area contributed by atoms with Gasteiger partial charge >= 0.3 is 0 Å².